The minimum Gasteiger partial charge on any atom is -0.324 e. The van der Waals surface area contributed by atoms with Gasteiger partial charge in [0.25, 0.3) is 17.5 Å². The van der Waals surface area contributed by atoms with Crippen molar-refractivity contribution < 1.29 is 19.3 Å². The molecule has 8 nitrogen and oxygen atoms in total. The Hall–Kier alpha value is -4.33. The highest BCUT2D eigenvalue weighted by molar-refractivity contribution is 6.23. The van der Waals surface area contributed by atoms with Crippen molar-refractivity contribution >= 4 is 29.1 Å². The number of nitrogens with one attached hydrogen (secondary N) is 1. The minimum atomic E-state index is -1.14. The summed E-state index contributed by atoms with van der Waals surface area (Å²) in [4.78, 5) is 51.4. The molecule has 1 atom stereocenters. The SMILES string of the molecule is CCc1cccc(C)c1NC(=O)C(Cc1ccc([N+](=O)[O-])cc1)N1C(=O)c2ccccc2C1=O. The first-order valence-electron chi connectivity index (χ1n) is 10.9. The molecule has 4 rings (SSSR count). The number of nitro groups is 1. The zero-order valence-corrected chi connectivity index (χ0v) is 18.8. The average molecular weight is 457 g/mol. The van der Waals surface area contributed by atoms with E-state index in [9.17, 15) is 24.5 Å². The maximum atomic E-state index is 13.6. The number of fused-ring (bicyclic) bond motifs is 1. The number of hydrogen-bond donors (Lipinski definition) is 1. The maximum absolute atomic E-state index is 13.6. The number of anilines is 1. The number of non-ortho nitro benzene ring substituents is 1. The van der Waals surface area contributed by atoms with Gasteiger partial charge in [-0.3, -0.25) is 29.4 Å². The van der Waals surface area contributed by atoms with E-state index < -0.39 is 28.7 Å². The zero-order valence-electron chi connectivity index (χ0n) is 18.8. The smallest absolute Gasteiger partial charge is 0.269 e. The third kappa shape index (κ3) is 4.17. The molecule has 0 saturated carbocycles. The highest BCUT2D eigenvalue weighted by Gasteiger charge is 2.42. The highest BCUT2D eigenvalue weighted by atomic mass is 16.6. The van der Waals surface area contributed by atoms with Crippen LogP contribution >= 0.6 is 0 Å². The van der Waals surface area contributed by atoms with Crippen LogP contribution in [-0.4, -0.2) is 33.6 Å². The van der Waals surface area contributed by atoms with E-state index in [-0.39, 0.29) is 23.2 Å². The fourth-order valence-electron chi connectivity index (χ4n) is 4.18. The van der Waals surface area contributed by atoms with E-state index >= 15 is 0 Å². The second kappa shape index (κ2) is 9.27. The number of hydrogen-bond acceptors (Lipinski definition) is 5. The number of rotatable bonds is 7. The van der Waals surface area contributed by atoms with Gasteiger partial charge in [0.05, 0.1) is 16.1 Å². The number of carbonyl (C=O) groups excluding carboxylic acids is 3. The number of imide groups is 1. The lowest BCUT2D eigenvalue weighted by Crippen LogP contribution is -2.48. The van der Waals surface area contributed by atoms with Gasteiger partial charge in [0.1, 0.15) is 6.04 Å². The molecule has 3 aromatic rings. The van der Waals surface area contributed by atoms with Crippen molar-refractivity contribution in [1.29, 1.82) is 0 Å². The number of nitrogens with zero attached hydrogens (tertiary/aromatic N) is 2. The standard InChI is InChI=1S/C26H23N3O5/c1-3-18-8-6-7-16(2)23(18)27-24(30)22(15-17-11-13-19(14-12-17)29(33)34)28-25(31)20-9-4-5-10-21(20)26(28)32/h4-14,22H,3,15H2,1-2H3,(H,27,30). The van der Waals surface area contributed by atoms with Crippen LogP contribution in [0.25, 0.3) is 0 Å². The second-order valence-electron chi connectivity index (χ2n) is 8.12. The Labute approximate surface area is 196 Å². The van der Waals surface area contributed by atoms with Crippen molar-refractivity contribution in [3.8, 4) is 0 Å². The molecule has 1 aliphatic heterocycles. The maximum Gasteiger partial charge on any atom is 0.269 e. The molecule has 0 aliphatic carbocycles. The van der Waals surface area contributed by atoms with Crippen molar-refractivity contribution in [2.75, 3.05) is 5.32 Å². The molecule has 0 bridgehead atoms. The number of aryl methyl sites for hydroxylation is 2. The van der Waals surface area contributed by atoms with Crippen LogP contribution < -0.4 is 5.32 Å². The molecule has 1 aliphatic rings. The number of para-hydroxylation sites is 1. The molecule has 3 aromatic carbocycles. The monoisotopic (exact) mass is 457 g/mol. The summed E-state index contributed by atoms with van der Waals surface area (Å²) in [5, 5.41) is 13.9. The molecule has 0 fully saturated rings. The van der Waals surface area contributed by atoms with Gasteiger partial charge in [0.15, 0.2) is 0 Å². The predicted octanol–water partition coefficient (Wildman–Crippen LogP) is 4.31. The number of carbonyl (C=O) groups is 3. The first-order chi connectivity index (χ1) is 16.3. The van der Waals surface area contributed by atoms with Crippen LogP contribution in [0.3, 0.4) is 0 Å². The summed E-state index contributed by atoms with van der Waals surface area (Å²) in [6, 6.07) is 16.7. The summed E-state index contributed by atoms with van der Waals surface area (Å²) in [6.07, 6.45) is 0.708. The Morgan fingerprint density at radius 1 is 0.971 bits per heavy atom. The van der Waals surface area contributed by atoms with Crippen LogP contribution in [0.2, 0.25) is 0 Å². The van der Waals surface area contributed by atoms with Crippen molar-refractivity contribution in [1.82, 2.24) is 4.90 Å². The Morgan fingerprint density at radius 3 is 2.15 bits per heavy atom. The molecule has 172 valence electrons. The highest BCUT2D eigenvalue weighted by Crippen LogP contribution is 2.28. The Kier molecular flexibility index (Phi) is 6.23. The molecular weight excluding hydrogens is 434 g/mol. The zero-order chi connectivity index (χ0) is 24.4. The van der Waals surface area contributed by atoms with Crippen LogP contribution in [0.15, 0.2) is 66.7 Å². The van der Waals surface area contributed by atoms with Crippen LogP contribution in [0.5, 0.6) is 0 Å². The van der Waals surface area contributed by atoms with E-state index in [1.54, 1.807) is 24.3 Å². The molecule has 0 aromatic heterocycles. The molecule has 0 spiro atoms. The third-order valence-electron chi connectivity index (χ3n) is 6.00. The normalized spacial score (nSPS) is 13.5. The van der Waals surface area contributed by atoms with Gasteiger partial charge in [0, 0.05) is 24.2 Å². The van der Waals surface area contributed by atoms with E-state index in [1.165, 1.54) is 24.3 Å². The molecule has 1 unspecified atom stereocenters. The quantitative estimate of drug-likeness (QED) is 0.323. The predicted molar refractivity (Wildman–Crippen MR) is 127 cm³/mol. The van der Waals surface area contributed by atoms with E-state index in [0.29, 0.717) is 17.7 Å². The molecule has 0 radical (unpaired) electrons. The van der Waals surface area contributed by atoms with Gasteiger partial charge in [-0.25, -0.2) is 0 Å². The van der Waals surface area contributed by atoms with Gasteiger partial charge in [-0.05, 0) is 42.2 Å². The number of benzene rings is 3. The van der Waals surface area contributed by atoms with Gasteiger partial charge < -0.3 is 5.32 Å². The van der Waals surface area contributed by atoms with Gasteiger partial charge in [-0.2, -0.15) is 0 Å². The van der Waals surface area contributed by atoms with E-state index in [0.717, 1.165) is 16.0 Å². The Balaban J connectivity index is 1.71. The first kappa shape index (κ1) is 22.8. The molecule has 0 saturated heterocycles. The number of amides is 3. The molecule has 1 heterocycles. The summed E-state index contributed by atoms with van der Waals surface area (Å²) in [6.45, 7) is 3.85. The van der Waals surface area contributed by atoms with Crippen LogP contribution in [-0.2, 0) is 17.6 Å². The van der Waals surface area contributed by atoms with Crippen molar-refractivity contribution in [3.63, 3.8) is 0 Å². The molecule has 8 heteroatoms. The average Bonchev–Trinajstić information content (AvgIpc) is 3.09. The van der Waals surface area contributed by atoms with E-state index in [1.807, 2.05) is 32.0 Å². The topological polar surface area (TPSA) is 110 Å². The Morgan fingerprint density at radius 2 is 1.59 bits per heavy atom. The fourth-order valence-corrected chi connectivity index (χ4v) is 4.18. The lowest BCUT2D eigenvalue weighted by atomic mass is 10.0. The lowest BCUT2D eigenvalue weighted by Gasteiger charge is -2.26. The summed E-state index contributed by atoms with van der Waals surface area (Å²) in [5.74, 6) is -1.58. The number of nitro benzene ring substituents is 1. The molecule has 1 N–H and O–H groups in total. The van der Waals surface area contributed by atoms with E-state index in [4.69, 9.17) is 0 Å². The van der Waals surface area contributed by atoms with E-state index in [2.05, 4.69) is 5.32 Å². The van der Waals surface area contributed by atoms with Crippen LogP contribution in [0.1, 0.15) is 44.3 Å². The van der Waals surface area contributed by atoms with Crippen molar-refractivity contribution in [2.45, 2.75) is 32.7 Å². The fraction of sp³-hybridized carbons (Fsp3) is 0.192. The summed E-state index contributed by atoms with van der Waals surface area (Å²) in [5.41, 5.74) is 3.45. The van der Waals surface area contributed by atoms with Crippen molar-refractivity contribution in [2.24, 2.45) is 0 Å². The largest absolute Gasteiger partial charge is 0.324 e. The van der Waals surface area contributed by atoms with Crippen LogP contribution in [0, 0.1) is 17.0 Å². The van der Waals surface area contributed by atoms with Gasteiger partial charge >= 0.3 is 0 Å². The second-order valence-corrected chi connectivity index (χ2v) is 8.12. The van der Waals surface area contributed by atoms with Gasteiger partial charge in [0.2, 0.25) is 5.91 Å². The van der Waals surface area contributed by atoms with Crippen LogP contribution in [0.4, 0.5) is 11.4 Å². The molecular formula is C26H23N3O5. The van der Waals surface area contributed by atoms with Gasteiger partial charge in [-0.1, -0.05) is 49.4 Å². The summed E-state index contributed by atoms with van der Waals surface area (Å²) < 4.78 is 0. The first-order valence-corrected chi connectivity index (χ1v) is 10.9. The molecule has 34 heavy (non-hydrogen) atoms. The molecule has 3 amide bonds. The third-order valence-corrected chi connectivity index (χ3v) is 6.00. The lowest BCUT2D eigenvalue weighted by molar-refractivity contribution is -0.384. The summed E-state index contributed by atoms with van der Waals surface area (Å²) >= 11 is 0. The minimum absolute atomic E-state index is 0.0165. The Bertz CT molecular complexity index is 1270. The summed E-state index contributed by atoms with van der Waals surface area (Å²) in [7, 11) is 0. The van der Waals surface area contributed by atoms with Crippen molar-refractivity contribution in [3.05, 3.63) is 105 Å². The van der Waals surface area contributed by atoms with Gasteiger partial charge in [-0.15, -0.1) is 0 Å².